The Kier molecular flexibility index (Phi) is 6.14. The van der Waals surface area contributed by atoms with Crippen molar-refractivity contribution in [3.8, 4) is 0 Å². The fourth-order valence-electron chi connectivity index (χ4n) is 3.46. The molecule has 0 bridgehead atoms. The molecule has 1 saturated heterocycles. The predicted molar refractivity (Wildman–Crippen MR) is 107 cm³/mol. The van der Waals surface area contributed by atoms with E-state index in [2.05, 4.69) is 5.32 Å². The number of nitro benzene ring substituents is 1. The van der Waals surface area contributed by atoms with Gasteiger partial charge in [-0.1, -0.05) is 0 Å². The van der Waals surface area contributed by atoms with Crippen LogP contribution in [0.3, 0.4) is 0 Å². The summed E-state index contributed by atoms with van der Waals surface area (Å²) in [4.78, 5) is 35.7. The average molecular weight is 436 g/mol. The molecule has 2 aromatic rings. The number of anilines is 2. The number of benzene rings is 2. The number of halogens is 3. The zero-order valence-corrected chi connectivity index (χ0v) is 16.2. The van der Waals surface area contributed by atoms with E-state index in [-0.39, 0.29) is 30.6 Å². The largest absolute Gasteiger partial charge is 0.416 e. The average Bonchev–Trinajstić information content (AvgIpc) is 2.73. The third kappa shape index (κ3) is 5.11. The Balaban J connectivity index is 1.65. The Morgan fingerprint density at radius 3 is 2.23 bits per heavy atom. The molecule has 0 saturated carbocycles. The molecule has 11 heteroatoms. The van der Waals surface area contributed by atoms with Crippen molar-refractivity contribution < 1.29 is 27.7 Å². The highest BCUT2D eigenvalue weighted by Crippen LogP contribution is 2.37. The minimum atomic E-state index is -4.68. The van der Waals surface area contributed by atoms with Crippen molar-refractivity contribution in [3.63, 3.8) is 0 Å². The van der Waals surface area contributed by atoms with Gasteiger partial charge in [-0.05, 0) is 49.2 Å². The Morgan fingerprint density at radius 1 is 1.10 bits per heavy atom. The van der Waals surface area contributed by atoms with Crippen molar-refractivity contribution >= 4 is 28.9 Å². The summed E-state index contributed by atoms with van der Waals surface area (Å²) < 4.78 is 38.6. The van der Waals surface area contributed by atoms with Crippen molar-refractivity contribution in [1.29, 1.82) is 0 Å². The molecule has 8 nitrogen and oxygen atoms in total. The summed E-state index contributed by atoms with van der Waals surface area (Å²) in [6.45, 7) is 0.565. The first-order chi connectivity index (χ1) is 14.6. The maximum Gasteiger partial charge on any atom is 0.416 e. The van der Waals surface area contributed by atoms with Crippen molar-refractivity contribution in [2.75, 3.05) is 23.3 Å². The number of hydrogen-bond acceptors (Lipinski definition) is 5. The monoisotopic (exact) mass is 436 g/mol. The number of hydrogen-bond donors (Lipinski definition) is 2. The molecular formula is C20H19F3N4O4. The lowest BCUT2D eigenvalue weighted by molar-refractivity contribution is -0.384. The number of carbonyl (C=O) groups excluding carboxylic acids is 2. The van der Waals surface area contributed by atoms with E-state index in [0.29, 0.717) is 30.2 Å². The van der Waals surface area contributed by atoms with Crippen LogP contribution in [0.4, 0.5) is 30.2 Å². The first-order valence-electron chi connectivity index (χ1n) is 9.37. The van der Waals surface area contributed by atoms with Crippen LogP contribution in [0, 0.1) is 16.0 Å². The first kappa shape index (κ1) is 22.1. The predicted octanol–water partition coefficient (Wildman–Crippen LogP) is 3.57. The number of rotatable bonds is 5. The van der Waals surface area contributed by atoms with E-state index in [1.165, 1.54) is 12.1 Å². The minimum absolute atomic E-state index is 0.0962. The molecule has 3 rings (SSSR count). The van der Waals surface area contributed by atoms with E-state index < -0.39 is 28.3 Å². The quantitative estimate of drug-likeness (QED) is 0.549. The molecule has 3 N–H and O–H groups in total. The highest BCUT2D eigenvalue weighted by molar-refractivity contribution is 5.95. The number of nitrogens with two attached hydrogens (primary N) is 1. The van der Waals surface area contributed by atoms with Gasteiger partial charge in [0.05, 0.1) is 10.5 Å². The summed E-state index contributed by atoms with van der Waals surface area (Å²) in [6, 6.07) is 8.54. The summed E-state index contributed by atoms with van der Waals surface area (Å²) in [6.07, 6.45) is -3.92. The van der Waals surface area contributed by atoms with E-state index in [4.69, 9.17) is 5.73 Å². The molecule has 0 aliphatic carbocycles. The van der Waals surface area contributed by atoms with E-state index in [1.807, 2.05) is 0 Å². The van der Waals surface area contributed by atoms with Gasteiger partial charge in [-0.3, -0.25) is 19.7 Å². The molecule has 2 amide bonds. The van der Waals surface area contributed by atoms with Crippen LogP contribution in [0.2, 0.25) is 0 Å². The Bertz CT molecular complexity index is 1000. The van der Waals surface area contributed by atoms with Gasteiger partial charge < -0.3 is 16.0 Å². The molecule has 0 atom stereocenters. The van der Waals surface area contributed by atoms with Gasteiger partial charge in [-0.2, -0.15) is 13.2 Å². The van der Waals surface area contributed by atoms with E-state index in [0.717, 1.165) is 12.1 Å². The van der Waals surface area contributed by atoms with Crippen LogP contribution < -0.4 is 16.0 Å². The van der Waals surface area contributed by atoms with Crippen molar-refractivity contribution in [2.45, 2.75) is 19.0 Å². The van der Waals surface area contributed by atoms with Gasteiger partial charge in [-0.25, -0.2) is 0 Å². The third-order valence-electron chi connectivity index (χ3n) is 5.14. The van der Waals surface area contributed by atoms with E-state index >= 15 is 0 Å². The SMILES string of the molecule is NC(=O)c1ccc(NC(=O)C2CCN(c3ccc(C(F)(F)F)cc3[N+](=O)[O-])CC2)cc1. The van der Waals surface area contributed by atoms with Gasteiger partial charge in [0.25, 0.3) is 5.69 Å². The number of nitrogens with zero attached hydrogens (tertiary/aromatic N) is 2. The van der Waals surface area contributed by atoms with Crippen molar-refractivity contribution in [3.05, 3.63) is 63.7 Å². The summed E-state index contributed by atoms with van der Waals surface area (Å²) >= 11 is 0. The van der Waals surface area contributed by atoms with Crippen LogP contribution in [0.25, 0.3) is 0 Å². The third-order valence-corrected chi connectivity index (χ3v) is 5.14. The van der Waals surface area contributed by atoms with Gasteiger partial charge in [-0.15, -0.1) is 0 Å². The number of piperidine rings is 1. The molecule has 1 aliphatic heterocycles. The van der Waals surface area contributed by atoms with Crippen LogP contribution in [0.5, 0.6) is 0 Å². The molecule has 1 heterocycles. The van der Waals surface area contributed by atoms with Gasteiger partial charge in [0.2, 0.25) is 11.8 Å². The van der Waals surface area contributed by atoms with Crippen molar-refractivity contribution in [2.24, 2.45) is 11.7 Å². The van der Waals surface area contributed by atoms with Crippen molar-refractivity contribution in [1.82, 2.24) is 0 Å². The Labute approximate surface area is 175 Å². The lowest BCUT2D eigenvalue weighted by Crippen LogP contribution is -2.38. The molecule has 164 valence electrons. The second-order valence-corrected chi connectivity index (χ2v) is 7.15. The highest BCUT2D eigenvalue weighted by atomic mass is 19.4. The Hall–Kier alpha value is -3.63. The zero-order chi connectivity index (χ0) is 22.8. The smallest absolute Gasteiger partial charge is 0.366 e. The van der Waals surface area contributed by atoms with Crippen LogP contribution in [0.15, 0.2) is 42.5 Å². The molecule has 2 aromatic carbocycles. The molecular weight excluding hydrogens is 417 g/mol. The van der Waals surface area contributed by atoms with Gasteiger partial charge in [0.15, 0.2) is 0 Å². The van der Waals surface area contributed by atoms with Gasteiger partial charge in [0.1, 0.15) is 5.69 Å². The topological polar surface area (TPSA) is 119 Å². The number of nitro groups is 1. The van der Waals surface area contributed by atoms with Crippen LogP contribution in [-0.4, -0.2) is 29.8 Å². The molecule has 31 heavy (non-hydrogen) atoms. The number of carbonyl (C=O) groups is 2. The summed E-state index contributed by atoms with van der Waals surface area (Å²) in [5.74, 6) is -1.18. The summed E-state index contributed by atoms with van der Waals surface area (Å²) in [7, 11) is 0. The summed E-state index contributed by atoms with van der Waals surface area (Å²) in [5.41, 5.74) is 4.37. The fraction of sp³-hybridized carbons (Fsp3) is 0.300. The summed E-state index contributed by atoms with van der Waals surface area (Å²) in [5, 5.41) is 14.0. The second kappa shape index (κ2) is 8.62. The molecule has 0 unspecified atom stereocenters. The number of amides is 2. The maximum absolute atomic E-state index is 12.9. The van der Waals surface area contributed by atoms with E-state index in [9.17, 15) is 32.9 Å². The molecule has 0 aromatic heterocycles. The normalized spacial score (nSPS) is 14.9. The van der Waals surface area contributed by atoms with Crippen LogP contribution in [-0.2, 0) is 11.0 Å². The second-order valence-electron chi connectivity index (χ2n) is 7.15. The minimum Gasteiger partial charge on any atom is -0.366 e. The molecule has 0 spiro atoms. The lowest BCUT2D eigenvalue weighted by atomic mass is 9.95. The number of nitrogens with one attached hydrogen (secondary N) is 1. The lowest BCUT2D eigenvalue weighted by Gasteiger charge is -2.32. The number of alkyl halides is 3. The molecule has 1 fully saturated rings. The van der Waals surface area contributed by atoms with E-state index in [1.54, 1.807) is 17.0 Å². The fourth-order valence-corrected chi connectivity index (χ4v) is 3.46. The maximum atomic E-state index is 12.9. The number of primary amides is 1. The Morgan fingerprint density at radius 2 is 1.71 bits per heavy atom. The molecule has 0 radical (unpaired) electrons. The van der Waals surface area contributed by atoms with Gasteiger partial charge in [0, 0.05) is 36.3 Å². The first-order valence-corrected chi connectivity index (χ1v) is 9.37. The van der Waals surface area contributed by atoms with Gasteiger partial charge >= 0.3 is 6.18 Å². The molecule has 1 aliphatic rings. The van der Waals surface area contributed by atoms with Crippen LogP contribution >= 0.6 is 0 Å². The van der Waals surface area contributed by atoms with Crippen LogP contribution in [0.1, 0.15) is 28.8 Å². The standard InChI is InChI=1S/C20H19F3N4O4/c21-20(22,23)14-3-6-16(17(11-14)27(30)31)26-9-7-13(8-10-26)19(29)25-15-4-1-12(2-5-15)18(24)28/h1-6,11,13H,7-10H2,(H2,24,28)(H,25,29). The zero-order valence-electron chi connectivity index (χ0n) is 16.2. The highest BCUT2D eigenvalue weighted by Gasteiger charge is 2.35.